The quantitative estimate of drug-likeness (QED) is 0.818. The number of hydrogen-bond donors (Lipinski definition) is 1. The van der Waals surface area contributed by atoms with Crippen molar-refractivity contribution in [3.05, 3.63) is 12.1 Å². The summed E-state index contributed by atoms with van der Waals surface area (Å²) in [6.07, 6.45) is 8.25. The third-order valence-corrected chi connectivity index (χ3v) is 6.23. The second-order valence-electron chi connectivity index (χ2n) is 7.04. The number of fused-ring (bicyclic) bond motifs is 2. The van der Waals surface area contributed by atoms with E-state index in [0.29, 0.717) is 5.13 Å². The van der Waals surface area contributed by atoms with Crippen LogP contribution in [0.5, 0.6) is 11.5 Å². The molecule has 1 N–H and O–H groups in total. The van der Waals surface area contributed by atoms with Crippen LogP contribution in [0.15, 0.2) is 12.1 Å². The summed E-state index contributed by atoms with van der Waals surface area (Å²) in [4.78, 5) is 17.1. The number of anilines is 1. The molecule has 1 aromatic carbocycles. The first-order valence-corrected chi connectivity index (χ1v) is 10.1. The molecule has 1 aromatic heterocycles. The summed E-state index contributed by atoms with van der Waals surface area (Å²) >= 11 is 1.49. The summed E-state index contributed by atoms with van der Waals surface area (Å²) in [5.74, 6) is 2.53. The van der Waals surface area contributed by atoms with E-state index in [1.54, 1.807) is 0 Å². The standard InChI is InChI=1S/C19H24N2O3S/c1-2-3-4-12-5-7-13(8-6-12)18(22)21-19-20-14-9-15-16(24-11-23-15)10-17(14)25-19/h9-10,12-13H,2-8,11H2,1H3,(H,20,21,22). The molecule has 0 saturated heterocycles. The average molecular weight is 360 g/mol. The van der Waals surface area contributed by atoms with Crippen molar-refractivity contribution in [3.8, 4) is 11.5 Å². The Morgan fingerprint density at radius 1 is 1.24 bits per heavy atom. The summed E-state index contributed by atoms with van der Waals surface area (Å²) in [5.41, 5.74) is 0.841. The van der Waals surface area contributed by atoms with Gasteiger partial charge in [-0.15, -0.1) is 0 Å². The van der Waals surface area contributed by atoms with Crippen molar-refractivity contribution >= 4 is 32.6 Å². The maximum atomic E-state index is 12.6. The summed E-state index contributed by atoms with van der Waals surface area (Å²) in [6.45, 7) is 2.50. The Bertz CT molecular complexity index is 724. The molecule has 1 fully saturated rings. The summed E-state index contributed by atoms with van der Waals surface area (Å²) in [7, 11) is 0. The van der Waals surface area contributed by atoms with Gasteiger partial charge in [0.25, 0.3) is 0 Å². The number of unbranched alkanes of at least 4 members (excludes halogenated alkanes) is 1. The van der Waals surface area contributed by atoms with Crippen LogP contribution in [-0.2, 0) is 4.79 Å². The van der Waals surface area contributed by atoms with Gasteiger partial charge in [0.15, 0.2) is 16.6 Å². The molecular weight excluding hydrogens is 336 g/mol. The molecule has 1 aliphatic carbocycles. The van der Waals surface area contributed by atoms with Gasteiger partial charge < -0.3 is 14.8 Å². The van der Waals surface area contributed by atoms with E-state index in [1.807, 2.05) is 12.1 Å². The fourth-order valence-corrected chi connectivity index (χ4v) is 4.66. The van der Waals surface area contributed by atoms with Gasteiger partial charge >= 0.3 is 0 Å². The van der Waals surface area contributed by atoms with E-state index in [2.05, 4.69) is 17.2 Å². The molecule has 1 aliphatic heterocycles. The van der Waals surface area contributed by atoms with E-state index in [9.17, 15) is 4.79 Å². The SMILES string of the molecule is CCCCC1CCC(C(=O)Nc2nc3cc4c(cc3s2)OCO4)CC1. The number of thiazole rings is 1. The first kappa shape index (κ1) is 16.6. The van der Waals surface area contributed by atoms with Gasteiger partial charge in [-0.05, 0) is 31.6 Å². The topological polar surface area (TPSA) is 60.5 Å². The van der Waals surface area contributed by atoms with Gasteiger partial charge in [-0.25, -0.2) is 4.98 Å². The van der Waals surface area contributed by atoms with Crippen LogP contribution in [0.1, 0.15) is 51.9 Å². The lowest BCUT2D eigenvalue weighted by atomic mass is 9.79. The Morgan fingerprint density at radius 2 is 2.00 bits per heavy atom. The Kier molecular flexibility index (Phi) is 4.79. The summed E-state index contributed by atoms with van der Waals surface area (Å²) < 4.78 is 11.8. The molecule has 2 heterocycles. The highest BCUT2D eigenvalue weighted by atomic mass is 32.1. The molecule has 0 bridgehead atoms. The van der Waals surface area contributed by atoms with Crippen molar-refractivity contribution in [2.45, 2.75) is 51.9 Å². The molecule has 2 aliphatic rings. The number of benzene rings is 1. The number of ether oxygens (including phenoxy) is 2. The predicted octanol–water partition coefficient (Wildman–Crippen LogP) is 4.96. The molecule has 134 valence electrons. The first-order chi connectivity index (χ1) is 12.2. The van der Waals surface area contributed by atoms with Crippen molar-refractivity contribution < 1.29 is 14.3 Å². The number of rotatable bonds is 5. The van der Waals surface area contributed by atoms with Crippen molar-refractivity contribution in [1.29, 1.82) is 0 Å². The van der Waals surface area contributed by atoms with Gasteiger partial charge in [0, 0.05) is 18.1 Å². The first-order valence-electron chi connectivity index (χ1n) is 9.24. The Labute approximate surface area is 151 Å². The largest absolute Gasteiger partial charge is 0.454 e. The van der Waals surface area contributed by atoms with E-state index in [0.717, 1.165) is 40.5 Å². The van der Waals surface area contributed by atoms with Crippen molar-refractivity contribution in [1.82, 2.24) is 4.98 Å². The highest BCUT2D eigenvalue weighted by molar-refractivity contribution is 7.22. The van der Waals surface area contributed by atoms with Crippen LogP contribution in [0.2, 0.25) is 0 Å². The lowest BCUT2D eigenvalue weighted by molar-refractivity contribution is -0.121. The number of nitrogens with one attached hydrogen (secondary N) is 1. The van der Waals surface area contributed by atoms with E-state index >= 15 is 0 Å². The van der Waals surface area contributed by atoms with E-state index in [-0.39, 0.29) is 18.6 Å². The molecule has 2 aromatic rings. The zero-order valence-corrected chi connectivity index (χ0v) is 15.4. The Balaban J connectivity index is 1.37. The minimum Gasteiger partial charge on any atom is -0.454 e. The van der Waals surface area contributed by atoms with Crippen LogP contribution < -0.4 is 14.8 Å². The highest BCUT2D eigenvalue weighted by Crippen LogP contribution is 2.39. The van der Waals surface area contributed by atoms with Gasteiger partial charge in [-0.2, -0.15) is 0 Å². The van der Waals surface area contributed by atoms with Crippen LogP contribution >= 0.6 is 11.3 Å². The third kappa shape index (κ3) is 3.59. The molecule has 0 spiro atoms. The number of aromatic nitrogens is 1. The zero-order valence-electron chi connectivity index (χ0n) is 14.5. The maximum absolute atomic E-state index is 12.6. The highest BCUT2D eigenvalue weighted by Gasteiger charge is 2.26. The number of hydrogen-bond acceptors (Lipinski definition) is 5. The molecule has 0 unspecified atom stereocenters. The second-order valence-corrected chi connectivity index (χ2v) is 8.07. The van der Waals surface area contributed by atoms with Crippen LogP contribution in [0.25, 0.3) is 10.2 Å². The smallest absolute Gasteiger partial charge is 0.231 e. The van der Waals surface area contributed by atoms with Crippen LogP contribution in [-0.4, -0.2) is 17.7 Å². The lowest BCUT2D eigenvalue weighted by Gasteiger charge is -2.27. The van der Waals surface area contributed by atoms with Crippen LogP contribution in [0.3, 0.4) is 0 Å². The molecule has 1 amide bonds. The van der Waals surface area contributed by atoms with Crippen molar-refractivity contribution in [3.63, 3.8) is 0 Å². The monoisotopic (exact) mass is 360 g/mol. The van der Waals surface area contributed by atoms with Gasteiger partial charge in [-0.3, -0.25) is 4.79 Å². The van der Waals surface area contributed by atoms with Crippen LogP contribution in [0, 0.1) is 11.8 Å². The molecule has 1 saturated carbocycles. The number of carbonyl (C=O) groups is 1. The van der Waals surface area contributed by atoms with Gasteiger partial charge in [0.1, 0.15) is 0 Å². The fraction of sp³-hybridized carbons (Fsp3) is 0.579. The van der Waals surface area contributed by atoms with Gasteiger partial charge in [0.2, 0.25) is 12.7 Å². The maximum Gasteiger partial charge on any atom is 0.231 e. The Hall–Kier alpha value is -1.82. The van der Waals surface area contributed by atoms with E-state index in [1.165, 1.54) is 43.4 Å². The average Bonchev–Trinajstić information content (AvgIpc) is 3.23. The molecule has 25 heavy (non-hydrogen) atoms. The second kappa shape index (κ2) is 7.20. The minimum atomic E-state index is 0.119. The number of carbonyl (C=O) groups excluding carboxylic acids is 1. The minimum absolute atomic E-state index is 0.119. The lowest BCUT2D eigenvalue weighted by Crippen LogP contribution is -2.27. The number of nitrogens with zero attached hydrogens (tertiary/aromatic N) is 1. The predicted molar refractivity (Wildman–Crippen MR) is 99.3 cm³/mol. The van der Waals surface area contributed by atoms with Crippen molar-refractivity contribution in [2.75, 3.05) is 12.1 Å². The zero-order chi connectivity index (χ0) is 17.2. The molecule has 0 radical (unpaired) electrons. The third-order valence-electron chi connectivity index (χ3n) is 5.30. The summed E-state index contributed by atoms with van der Waals surface area (Å²) in [6, 6.07) is 3.81. The van der Waals surface area contributed by atoms with Gasteiger partial charge in [0.05, 0.1) is 10.2 Å². The molecule has 4 rings (SSSR count). The van der Waals surface area contributed by atoms with Gasteiger partial charge in [-0.1, -0.05) is 37.5 Å². The molecule has 0 atom stereocenters. The molecule has 5 nitrogen and oxygen atoms in total. The van der Waals surface area contributed by atoms with Crippen LogP contribution in [0.4, 0.5) is 5.13 Å². The fourth-order valence-electron chi connectivity index (χ4n) is 3.79. The Morgan fingerprint density at radius 3 is 2.76 bits per heavy atom. The normalized spacial score (nSPS) is 22.3. The molecular formula is C19H24N2O3S. The van der Waals surface area contributed by atoms with E-state index < -0.39 is 0 Å². The summed E-state index contributed by atoms with van der Waals surface area (Å²) in [5, 5.41) is 3.68. The van der Waals surface area contributed by atoms with Crippen molar-refractivity contribution in [2.24, 2.45) is 11.8 Å². The molecule has 6 heteroatoms. The van der Waals surface area contributed by atoms with E-state index in [4.69, 9.17) is 9.47 Å². The number of amides is 1.